The van der Waals surface area contributed by atoms with Crippen molar-refractivity contribution < 1.29 is 4.79 Å². The third kappa shape index (κ3) is 2.37. The van der Waals surface area contributed by atoms with Crippen LogP contribution >= 0.6 is 0 Å². The lowest BCUT2D eigenvalue weighted by atomic mass is 10.1. The predicted molar refractivity (Wildman–Crippen MR) is 92.7 cm³/mol. The van der Waals surface area contributed by atoms with Gasteiger partial charge in [0.2, 0.25) is 0 Å². The topological polar surface area (TPSA) is 51.0 Å². The molecule has 1 aromatic carbocycles. The van der Waals surface area contributed by atoms with Crippen LogP contribution in [0.1, 0.15) is 41.9 Å². The van der Waals surface area contributed by atoms with E-state index in [1.807, 2.05) is 29.3 Å². The Labute approximate surface area is 140 Å². The summed E-state index contributed by atoms with van der Waals surface area (Å²) < 4.78 is 2.13. The molecule has 0 bridgehead atoms. The molecule has 0 saturated carbocycles. The summed E-state index contributed by atoms with van der Waals surface area (Å²) in [6, 6.07) is 8.13. The van der Waals surface area contributed by atoms with Crippen LogP contribution in [0.4, 0.5) is 0 Å². The Balaban J connectivity index is 1.73. The van der Waals surface area contributed by atoms with Crippen LogP contribution in [-0.4, -0.2) is 31.9 Å². The largest absolute Gasteiger partial charge is 0.347 e. The third-order valence-electron chi connectivity index (χ3n) is 4.80. The van der Waals surface area contributed by atoms with E-state index in [0.717, 1.165) is 48.1 Å². The van der Waals surface area contributed by atoms with Crippen molar-refractivity contribution in [1.29, 1.82) is 0 Å². The quantitative estimate of drug-likeness (QED) is 0.743. The van der Waals surface area contributed by atoms with Crippen LogP contribution in [0.2, 0.25) is 0 Å². The number of likely N-dealkylation sites (tertiary alicyclic amines) is 1. The molecule has 5 nitrogen and oxygen atoms in total. The van der Waals surface area contributed by atoms with Gasteiger partial charge in [-0.25, -0.2) is 0 Å². The van der Waals surface area contributed by atoms with Crippen LogP contribution in [0.25, 0.3) is 10.9 Å². The zero-order chi connectivity index (χ0) is 16.5. The molecule has 1 aliphatic heterocycles. The molecular weight excluding hydrogens is 300 g/mol. The van der Waals surface area contributed by atoms with E-state index in [1.54, 1.807) is 18.6 Å². The fraction of sp³-hybridized carbons (Fsp3) is 0.316. The second kappa shape index (κ2) is 6.07. The number of hydrogen-bond donors (Lipinski definition) is 0. The molecule has 3 heterocycles. The summed E-state index contributed by atoms with van der Waals surface area (Å²) in [6.07, 6.45) is 9.06. The van der Waals surface area contributed by atoms with E-state index in [2.05, 4.69) is 27.5 Å². The molecule has 1 saturated heterocycles. The summed E-state index contributed by atoms with van der Waals surface area (Å²) in [5.41, 5.74) is 2.77. The lowest BCUT2D eigenvalue weighted by Crippen LogP contribution is -2.31. The monoisotopic (exact) mass is 320 g/mol. The third-order valence-corrected chi connectivity index (χ3v) is 4.80. The van der Waals surface area contributed by atoms with E-state index in [0.29, 0.717) is 0 Å². The van der Waals surface area contributed by atoms with E-state index in [1.165, 1.54) is 0 Å². The molecule has 122 valence electrons. The zero-order valence-electron chi connectivity index (χ0n) is 13.7. The number of aromatic nitrogens is 3. The molecule has 1 aliphatic rings. The van der Waals surface area contributed by atoms with E-state index in [4.69, 9.17) is 0 Å². The molecule has 0 spiro atoms. The van der Waals surface area contributed by atoms with Crippen molar-refractivity contribution in [2.75, 3.05) is 6.54 Å². The van der Waals surface area contributed by atoms with Gasteiger partial charge in [0.15, 0.2) is 0 Å². The Morgan fingerprint density at radius 2 is 2.17 bits per heavy atom. The molecule has 2 aromatic heterocycles. The minimum atomic E-state index is 0.0231. The summed E-state index contributed by atoms with van der Waals surface area (Å²) in [7, 11) is 0. The van der Waals surface area contributed by atoms with Crippen molar-refractivity contribution in [2.24, 2.45) is 0 Å². The van der Waals surface area contributed by atoms with Gasteiger partial charge in [0.05, 0.1) is 23.5 Å². The molecule has 24 heavy (non-hydrogen) atoms. The van der Waals surface area contributed by atoms with Gasteiger partial charge in [-0.05, 0) is 25.8 Å². The van der Waals surface area contributed by atoms with Gasteiger partial charge in [-0.15, -0.1) is 0 Å². The summed E-state index contributed by atoms with van der Waals surface area (Å²) in [5.74, 6) is 0.0894. The van der Waals surface area contributed by atoms with Gasteiger partial charge < -0.3 is 9.47 Å². The highest BCUT2D eigenvalue weighted by atomic mass is 16.2. The molecule has 1 atom stereocenters. The van der Waals surface area contributed by atoms with Gasteiger partial charge >= 0.3 is 0 Å². The number of carbonyl (C=O) groups excluding carboxylic acids is 1. The van der Waals surface area contributed by atoms with Crippen molar-refractivity contribution in [3.8, 4) is 0 Å². The van der Waals surface area contributed by atoms with Gasteiger partial charge in [0, 0.05) is 42.6 Å². The summed E-state index contributed by atoms with van der Waals surface area (Å²) in [4.78, 5) is 23.8. The van der Waals surface area contributed by atoms with E-state index < -0.39 is 0 Å². The number of carbonyl (C=O) groups is 1. The standard InChI is InChI=1S/C19H20N4O/c1-2-22-13-15(14-6-3-4-7-17(14)22)19(24)23-11-5-8-18(23)16-12-20-9-10-21-16/h3-4,6-7,9-10,12-13,18H,2,5,8,11H2,1H3/t18-/m0/s1. The van der Waals surface area contributed by atoms with E-state index in [-0.39, 0.29) is 11.9 Å². The van der Waals surface area contributed by atoms with Gasteiger partial charge in [0.25, 0.3) is 5.91 Å². The first-order valence-corrected chi connectivity index (χ1v) is 8.44. The minimum Gasteiger partial charge on any atom is -0.347 e. The van der Waals surface area contributed by atoms with Gasteiger partial charge in [-0.3, -0.25) is 14.8 Å². The molecular formula is C19H20N4O. The zero-order valence-corrected chi connectivity index (χ0v) is 13.7. The molecule has 1 fully saturated rings. The van der Waals surface area contributed by atoms with Crippen molar-refractivity contribution in [3.05, 3.63) is 60.3 Å². The first kappa shape index (κ1) is 14.9. The minimum absolute atomic E-state index is 0.0231. The Hall–Kier alpha value is -2.69. The van der Waals surface area contributed by atoms with Crippen LogP contribution < -0.4 is 0 Å². The maximum atomic E-state index is 13.2. The molecule has 4 rings (SSSR count). The Kier molecular flexibility index (Phi) is 3.76. The average Bonchev–Trinajstić information content (AvgIpc) is 3.27. The summed E-state index contributed by atoms with van der Waals surface area (Å²) in [6.45, 7) is 3.71. The number of nitrogens with zero attached hydrogens (tertiary/aromatic N) is 4. The normalized spacial score (nSPS) is 17.5. The van der Waals surface area contributed by atoms with Crippen LogP contribution in [0.5, 0.6) is 0 Å². The predicted octanol–water partition coefficient (Wildman–Crippen LogP) is 3.43. The van der Waals surface area contributed by atoms with Gasteiger partial charge in [-0.2, -0.15) is 0 Å². The number of amides is 1. The fourth-order valence-electron chi connectivity index (χ4n) is 3.63. The SMILES string of the molecule is CCn1cc(C(=O)N2CCC[C@H]2c2cnccn2)c2ccccc21. The average molecular weight is 320 g/mol. The van der Waals surface area contributed by atoms with Crippen LogP contribution in [0.3, 0.4) is 0 Å². The molecule has 1 amide bonds. The highest BCUT2D eigenvalue weighted by Crippen LogP contribution is 2.33. The van der Waals surface area contributed by atoms with E-state index >= 15 is 0 Å². The van der Waals surface area contributed by atoms with Gasteiger partial charge in [0.1, 0.15) is 0 Å². The summed E-state index contributed by atoms with van der Waals surface area (Å²) in [5, 5.41) is 1.02. The Morgan fingerprint density at radius 3 is 2.96 bits per heavy atom. The van der Waals surface area contributed by atoms with Crippen molar-refractivity contribution >= 4 is 16.8 Å². The molecule has 0 radical (unpaired) electrons. The Bertz CT molecular complexity index is 871. The second-order valence-corrected chi connectivity index (χ2v) is 6.13. The summed E-state index contributed by atoms with van der Waals surface area (Å²) >= 11 is 0. The molecule has 3 aromatic rings. The van der Waals surface area contributed by atoms with Crippen LogP contribution in [0, 0.1) is 0 Å². The first-order valence-electron chi connectivity index (χ1n) is 8.44. The van der Waals surface area contributed by atoms with E-state index in [9.17, 15) is 4.79 Å². The highest BCUT2D eigenvalue weighted by molar-refractivity contribution is 6.07. The maximum absolute atomic E-state index is 13.2. The number of para-hydroxylation sites is 1. The maximum Gasteiger partial charge on any atom is 0.256 e. The van der Waals surface area contributed by atoms with Crippen molar-refractivity contribution in [3.63, 3.8) is 0 Å². The second-order valence-electron chi connectivity index (χ2n) is 6.13. The number of fused-ring (bicyclic) bond motifs is 1. The smallest absolute Gasteiger partial charge is 0.256 e. The number of aryl methyl sites for hydroxylation is 1. The van der Waals surface area contributed by atoms with Crippen LogP contribution in [0.15, 0.2) is 49.1 Å². The van der Waals surface area contributed by atoms with Crippen LogP contribution in [-0.2, 0) is 6.54 Å². The van der Waals surface area contributed by atoms with Crippen molar-refractivity contribution in [2.45, 2.75) is 32.4 Å². The number of hydrogen-bond acceptors (Lipinski definition) is 3. The highest BCUT2D eigenvalue weighted by Gasteiger charge is 2.32. The first-order chi connectivity index (χ1) is 11.8. The molecule has 0 unspecified atom stereocenters. The molecule has 0 N–H and O–H groups in total. The lowest BCUT2D eigenvalue weighted by Gasteiger charge is -2.23. The van der Waals surface area contributed by atoms with Gasteiger partial charge in [-0.1, -0.05) is 18.2 Å². The van der Waals surface area contributed by atoms with Crippen molar-refractivity contribution in [1.82, 2.24) is 19.4 Å². The number of benzene rings is 1. The molecule has 0 aliphatic carbocycles. The Morgan fingerprint density at radius 1 is 1.29 bits per heavy atom. The number of rotatable bonds is 3. The molecule has 5 heteroatoms. The lowest BCUT2D eigenvalue weighted by molar-refractivity contribution is 0.0734. The fourth-order valence-corrected chi connectivity index (χ4v) is 3.63.